The Kier molecular flexibility index (Phi) is 6.45. The third-order valence-electron chi connectivity index (χ3n) is 2.66. The molecule has 0 aliphatic rings. The standard InChI is InChI=1S/C13H19ClN2O3S/c1-3-4-8-16(20(2,18)19)10-13(17)15-12-7-5-6-11(14)9-12/h5-7,9H,3-4,8,10H2,1-2H3,(H,15,17). The van der Waals surface area contributed by atoms with Gasteiger partial charge in [-0.3, -0.25) is 4.79 Å². The van der Waals surface area contributed by atoms with E-state index >= 15 is 0 Å². The normalized spacial score (nSPS) is 11.6. The molecule has 0 saturated carbocycles. The number of nitrogens with one attached hydrogen (secondary N) is 1. The van der Waals surface area contributed by atoms with Crippen LogP contribution in [0.3, 0.4) is 0 Å². The van der Waals surface area contributed by atoms with E-state index in [2.05, 4.69) is 5.32 Å². The molecule has 0 saturated heterocycles. The predicted octanol–water partition coefficient (Wildman–Crippen LogP) is 2.34. The van der Waals surface area contributed by atoms with E-state index in [0.717, 1.165) is 19.1 Å². The van der Waals surface area contributed by atoms with Gasteiger partial charge >= 0.3 is 0 Å². The van der Waals surface area contributed by atoms with Crippen molar-refractivity contribution in [1.29, 1.82) is 0 Å². The fraction of sp³-hybridized carbons (Fsp3) is 0.462. The molecule has 0 aromatic heterocycles. The zero-order chi connectivity index (χ0) is 15.2. The van der Waals surface area contributed by atoms with Crippen LogP contribution in [-0.2, 0) is 14.8 Å². The van der Waals surface area contributed by atoms with Gasteiger partial charge in [-0.15, -0.1) is 0 Å². The number of halogens is 1. The molecule has 5 nitrogen and oxygen atoms in total. The van der Waals surface area contributed by atoms with Crippen LogP contribution in [0.25, 0.3) is 0 Å². The van der Waals surface area contributed by atoms with Gasteiger partial charge in [0, 0.05) is 17.3 Å². The van der Waals surface area contributed by atoms with Gasteiger partial charge in [-0.1, -0.05) is 31.0 Å². The maximum atomic E-state index is 11.9. The number of benzene rings is 1. The number of nitrogens with zero attached hydrogens (tertiary/aromatic N) is 1. The fourth-order valence-electron chi connectivity index (χ4n) is 1.62. The van der Waals surface area contributed by atoms with Crippen LogP contribution < -0.4 is 5.32 Å². The SMILES string of the molecule is CCCCN(CC(=O)Nc1cccc(Cl)c1)S(C)(=O)=O. The van der Waals surface area contributed by atoms with Crippen molar-refractivity contribution in [2.75, 3.05) is 24.7 Å². The maximum absolute atomic E-state index is 11.9. The zero-order valence-electron chi connectivity index (χ0n) is 11.6. The van der Waals surface area contributed by atoms with E-state index < -0.39 is 10.0 Å². The molecule has 1 rings (SSSR count). The number of carbonyl (C=O) groups is 1. The second-order valence-electron chi connectivity index (χ2n) is 4.51. The van der Waals surface area contributed by atoms with Crippen LogP contribution >= 0.6 is 11.6 Å². The molecule has 112 valence electrons. The summed E-state index contributed by atoms with van der Waals surface area (Å²) < 4.78 is 24.4. The number of hydrogen-bond acceptors (Lipinski definition) is 3. The van der Waals surface area contributed by atoms with E-state index in [1.54, 1.807) is 24.3 Å². The molecule has 0 unspecified atom stereocenters. The average Bonchev–Trinajstić information content (AvgIpc) is 2.33. The van der Waals surface area contributed by atoms with Crippen molar-refractivity contribution in [2.45, 2.75) is 19.8 Å². The molecule has 0 bridgehead atoms. The first-order valence-corrected chi connectivity index (χ1v) is 8.56. The van der Waals surface area contributed by atoms with Gasteiger partial charge in [-0.25, -0.2) is 8.42 Å². The maximum Gasteiger partial charge on any atom is 0.239 e. The van der Waals surface area contributed by atoms with Crippen molar-refractivity contribution >= 4 is 33.2 Å². The van der Waals surface area contributed by atoms with Crippen LogP contribution in [0.2, 0.25) is 5.02 Å². The zero-order valence-corrected chi connectivity index (χ0v) is 13.2. The van der Waals surface area contributed by atoms with Gasteiger partial charge in [0.2, 0.25) is 15.9 Å². The summed E-state index contributed by atoms with van der Waals surface area (Å²) in [5.41, 5.74) is 0.548. The summed E-state index contributed by atoms with van der Waals surface area (Å²) in [5.74, 6) is -0.381. The first-order chi connectivity index (χ1) is 9.32. The molecule has 1 N–H and O–H groups in total. The predicted molar refractivity (Wildman–Crippen MR) is 81.4 cm³/mol. The highest BCUT2D eigenvalue weighted by molar-refractivity contribution is 7.88. The molecule has 0 radical (unpaired) electrons. The summed E-state index contributed by atoms with van der Waals surface area (Å²) in [6.45, 7) is 2.12. The van der Waals surface area contributed by atoms with Crippen molar-refractivity contribution in [1.82, 2.24) is 4.31 Å². The van der Waals surface area contributed by atoms with Gasteiger partial charge in [0.1, 0.15) is 0 Å². The Hall–Kier alpha value is -1.11. The van der Waals surface area contributed by atoms with Gasteiger partial charge in [0.15, 0.2) is 0 Å². The highest BCUT2D eigenvalue weighted by Crippen LogP contribution is 2.15. The summed E-state index contributed by atoms with van der Waals surface area (Å²) in [4.78, 5) is 11.9. The van der Waals surface area contributed by atoms with Gasteiger partial charge in [-0.2, -0.15) is 4.31 Å². The number of amides is 1. The van der Waals surface area contributed by atoms with Crippen molar-refractivity contribution < 1.29 is 13.2 Å². The molecule has 0 fully saturated rings. The molecule has 0 spiro atoms. The second kappa shape index (κ2) is 7.61. The summed E-state index contributed by atoms with van der Waals surface area (Å²) in [6.07, 6.45) is 2.69. The lowest BCUT2D eigenvalue weighted by Gasteiger charge is -2.19. The summed E-state index contributed by atoms with van der Waals surface area (Å²) >= 11 is 5.82. The Labute approximate surface area is 125 Å². The molecule has 1 aromatic carbocycles. The van der Waals surface area contributed by atoms with E-state index in [4.69, 9.17) is 11.6 Å². The average molecular weight is 319 g/mol. The summed E-state index contributed by atoms with van der Waals surface area (Å²) in [6, 6.07) is 6.71. The van der Waals surface area contributed by atoms with E-state index in [0.29, 0.717) is 17.3 Å². The summed E-state index contributed by atoms with van der Waals surface area (Å²) in [5, 5.41) is 3.14. The molecule has 20 heavy (non-hydrogen) atoms. The van der Waals surface area contributed by atoms with E-state index in [-0.39, 0.29) is 12.5 Å². The molecule has 1 aromatic rings. The smallest absolute Gasteiger partial charge is 0.239 e. The molecular formula is C13H19ClN2O3S. The van der Waals surface area contributed by atoms with Crippen molar-refractivity contribution in [3.05, 3.63) is 29.3 Å². The Morgan fingerprint density at radius 1 is 1.40 bits per heavy atom. The largest absolute Gasteiger partial charge is 0.325 e. The lowest BCUT2D eigenvalue weighted by atomic mass is 10.3. The minimum absolute atomic E-state index is 0.189. The Morgan fingerprint density at radius 3 is 2.65 bits per heavy atom. The van der Waals surface area contributed by atoms with E-state index in [9.17, 15) is 13.2 Å². The number of sulfonamides is 1. The van der Waals surface area contributed by atoms with Crippen LogP contribution in [0.4, 0.5) is 5.69 Å². The molecule has 1 amide bonds. The van der Waals surface area contributed by atoms with Gasteiger partial charge in [0.25, 0.3) is 0 Å². The fourth-order valence-corrected chi connectivity index (χ4v) is 2.63. The lowest BCUT2D eigenvalue weighted by Crippen LogP contribution is -2.37. The van der Waals surface area contributed by atoms with Crippen LogP contribution in [0.5, 0.6) is 0 Å². The van der Waals surface area contributed by atoms with Gasteiger partial charge in [0.05, 0.1) is 12.8 Å². The number of rotatable bonds is 7. The highest BCUT2D eigenvalue weighted by atomic mass is 35.5. The first kappa shape index (κ1) is 16.9. The van der Waals surface area contributed by atoms with Crippen LogP contribution in [-0.4, -0.2) is 38.0 Å². The van der Waals surface area contributed by atoms with E-state index in [1.807, 2.05) is 6.92 Å². The Morgan fingerprint density at radius 2 is 2.10 bits per heavy atom. The van der Waals surface area contributed by atoms with Crippen molar-refractivity contribution in [2.24, 2.45) is 0 Å². The molecule has 7 heteroatoms. The van der Waals surface area contributed by atoms with Gasteiger partial charge < -0.3 is 5.32 Å². The minimum Gasteiger partial charge on any atom is -0.325 e. The Bertz CT molecular complexity index is 560. The van der Waals surface area contributed by atoms with Crippen molar-refractivity contribution in [3.8, 4) is 0 Å². The second-order valence-corrected chi connectivity index (χ2v) is 6.93. The lowest BCUT2D eigenvalue weighted by molar-refractivity contribution is -0.116. The van der Waals surface area contributed by atoms with Gasteiger partial charge in [-0.05, 0) is 24.6 Å². The number of carbonyl (C=O) groups excluding carboxylic acids is 1. The van der Waals surface area contributed by atoms with E-state index in [1.165, 1.54) is 4.31 Å². The van der Waals surface area contributed by atoms with Crippen LogP contribution in [0, 0.1) is 0 Å². The minimum atomic E-state index is -3.39. The van der Waals surface area contributed by atoms with Crippen molar-refractivity contribution in [3.63, 3.8) is 0 Å². The molecule has 0 atom stereocenters. The number of unbranched alkanes of at least 4 members (excludes halogenated alkanes) is 1. The highest BCUT2D eigenvalue weighted by Gasteiger charge is 2.19. The Balaban J connectivity index is 2.67. The van der Waals surface area contributed by atoms with Crippen LogP contribution in [0.1, 0.15) is 19.8 Å². The number of hydrogen-bond donors (Lipinski definition) is 1. The molecule has 0 aliphatic heterocycles. The monoisotopic (exact) mass is 318 g/mol. The number of anilines is 1. The quantitative estimate of drug-likeness (QED) is 0.839. The summed E-state index contributed by atoms with van der Waals surface area (Å²) in [7, 11) is -3.39. The molecule has 0 heterocycles. The van der Waals surface area contributed by atoms with Crippen LogP contribution in [0.15, 0.2) is 24.3 Å². The first-order valence-electron chi connectivity index (χ1n) is 6.33. The topological polar surface area (TPSA) is 66.5 Å². The molecular weight excluding hydrogens is 300 g/mol. The molecule has 0 aliphatic carbocycles. The third kappa shape index (κ3) is 5.90. The third-order valence-corrected chi connectivity index (χ3v) is 4.14.